The van der Waals surface area contributed by atoms with E-state index in [9.17, 15) is 4.79 Å². The van der Waals surface area contributed by atoms with E-state index in [1.54, 1.807) is 13.2 Å². The molecule has 0 saturated carbocycles. The summed E-state index contributed by atoms with van der Waals surface area (Å²) in [6, 6.07) is 15.1. The third-order valence-electron chi connectivity index (χ3n) is 5.32. The lowest BCUT2D eigenvalue weighted by molar-refractivity contribution is -0.116. The number of pyridine rings is 1. The van der Waals surface area contributed by atoms with Crippen molar-refractivity contribution >= 4 is 41.7 Å². The Kier molecular flexibility index (Phi) is 10.2. The number of nitrogens with zero attached hydrogens (tertiary/aromatic N) is 3. The molecular formula is C23H33IN6O. The smallest absolute Gasteiger partial charge is 0.227 e. The van der Waals surface area contributed by atoms with E-state index in [0.29, 0.717) is 30.9 Å². The van der Waals surface area contributed by atoms with Crippen LogP contribution in [0.15, 0.2) is 53.7 Å². The Morgan fingerprint density at radius 3 is 2.68 bits per heavy atom. The average molecular weight is 536 g/mol. The summed E-state index contributed by atoms with van der Waals surface area (Å²) in [6.07, 6.45) is 3.15. The third kappa shape index (κ3) is 8.10. The highest BCUT2D eigenvalue weighted by atomic mass is 127. The van der Waals surface area contributed by atoms with Gasteiger partial charge in [0.15, 0.2) is 5.96 Å². The van der Waals surface area contributed by atoms with E-state index in [2.05, 4.69) is 68.1 Å². The Morgan fingerprint density at radius 2 is 2.00 bits per heavy atom. The summed E-state index contributed by atoms with van der Waals surface area (Å²) in [5.74, 6) is 1.24. The van der Waals surface area contributed by atoms with Crippen LogP contribution in [0.25, 0.3) is 0 Å². The van der Waals surface area contributed by atoms with Crippen LogP contribution in [0.3, 0.4) is 0 Å². The van der Waals surface area contributed by atoms with E-state index in [0.717, 1.165) is 31.0 Å². The predicted octanol–water partition coefficient (Wildman–Crippen LogP) is 3.16. The van der Waals surface area contributed by atoms with Gasteiger partial charge in [-0.3, -0.25) is 14.7 Å². The molecular weight excluding hydrogens is 503 g/mol. The fourth-order valence-electron chi connectivity index (χ4n) is 3.67. The van der Waals surface area contributed by atoms with Gasteiger partial charge in [-0.05, 0) is 37.5 Å². The van der Waals surface area contributed by atoms with Gasteiger partial charge in [-0.15, -0.1) is 24.0 Å². The molecule has 1 aromatic carbocycles. The Hall–Kier alpha value is -2.20. The first kappa shape index (κ1) is 25.1. The highest BCUT2D eigenvalue weighted by Crippen LogP contribution is 2.20. The second kappa shape index (κ2) is 12.6. The van der Waals surface area contributed by atoms with Crippen LogP contribution in [0.2, 0.25) is 0 Å². The first-order valence-electron chi connectivity index (χ1n) is 10.5. The number of hydrogen-bond donors (Lipinski definition) is 3. The summed E-state index contributed by atoms with van der Waals surface area (Å²) in [5, 5.41) is 9.55. The molecule has 31 heavy (non-hydrogen) atoms. The van der Waals surface area contributed by atoms with E-state index < -0.39 is 0 Å². The zero-order valence-electron chi connectivity index (χ0n) is 18.5. The minimum Gasteiger partial charge on any atom is -0.356 e. The Balaban J connectivity index is 0.00000341. The topological polar surface area (TPSA) is 81.6 Å². The van der Waals surface area contributed by atoms with Crippen molar-refractivity contribution in [3.05, 3.63) is 59.8 Å². The second-order valence-corrected chi connectivity index (χ2v) is 7.86. The molecule has 7 nitrogen and oxygen atoms in total. The number of rotatable bonds is 7. The lowest BCUT2D eigenvalue weighted by Crippen LogP contribution is -2.45. The first-order chi connectivity index (χ1) is 14.5. The number of nitrogens with one attached hydrogen (secondary N) is 3. The fraction of sp³-hybridized carbons (Fsp3) is 0.435. The van der Waals surface area contributed by atoms with Crippen LogP contribution in [0.1, 0.15) is 30.9 Å². The van der Waals surface area contributed by atoms with E-state index in [1.807, 2.05) is 19.1 Å². The number of carbonyl (C=O) groups excluding carboxylic acids is 1. The van der Waals surface area contributed by atoms with Crippen molar-refractivity contribution in [1.29, 1.82) is 0 Å². The molecule has 2 aromatic rings. The van der Waals surface area contributed by atoms with Crippen molar-refractivity contribution in [3.63, 3.8) is 0 Å². The third-order valence-corrected chi connectivity index (χ3v) is 5.32. The summed E-state index contributed by atoms with van der Waals surface area (Å²) >= 11 is 0. The summed E-state index contributed by atoms with van der Waals surface area (Å²) < 4.78 is 0. The number of anilines is 1. The molecule has 1 saturated heterocycles. The van der Waals surface area contributed by atoms with Crippen molar-refractivity contribution in [3.8, 4) is 0 Å². The summed E-state index contributed by atoms with van der Waals surface area (Å²) in [5.41, 5.74) is 2.40. The van der Waals surface area contributed by atoms with E-state index in [4.69, 9.17) is 0 Å². The Labute approximate surface area is 202 Å². The quantitative estimate of drug-likeness (QED) is 0.288. The minimum absolute atomic E-state index is 0. The predicted molar refractivity (Wildman–Crippen MR) is 137 cm³/mol. The van der Waals surface area contributed by atoms with Gasteiger partial charge in [-0.25, -0.2) is 4.98 Å². The maximum atomic E-state index is 12.1. The zero-order valence-corrected chi connectivity index (χ0v) is 20.8. The van der Waals surface area contributed by atoms with Crippen LogP contribution in [-0.2, 0) is 11.3 Å². The van der Waals surface area contributed by atoms with Crippen molar-refractivity contribution < 1.29 is 4.79 Å². The number of amides is 1. The monoisotopic (exact) mass is 536 g/mol. The molecule has 2 unspecified atom stereocenters. The van der Waals surface area contributed by atoms with Crippen LogP contribution >= 0.6 is 24.0 Å². The van der Waals surface area contributed by atoms with Gasteiger partial charge in [0.2, 0.25) is 5.91 Å². The van der Waals surface area contributed by atoms with Gasteiger partial charge in [-0.2, -0.15) is 0 Å². The molecule has 1 fully saturated rings. The number of guanidine groups is 1. The Bertz CT molecular complexity index is 843. The average Bonchev–Trinajstić information content (AvgIpc) is 3.08. The highest BCUT2D eigenvalue weighted by molar-refractivity contribution is 14.0. The maximum Gasteiger partial charge on any atom is 0.227 e. The molecule has 1 aliphatic heterocycles. The van der Waals surface area contributed by atoms with Gasteiger partial charge in [0.05, 0.1) is 0 Å². The van der Waals surface area contributed by atoms with E-state index in [-0.39, 0.29) is 29.9 Å². The molecule has 168 valence electrons. The van der Waals surface area contributed by atoms with Crippen molar-refractivity contribution in [2.45, 2.75) is 45.3 Å². The van der Waals surface area contributed by atoms with Crippen molar-refractivity contribution in [1.82, 2.24) is 20.5 Å². The van der Waals surface area contributed by atoms with Gasteiger partial charge in [0, 0.05) is 51.4 Å². The molecule has 2 heterocycles. The minimum atomic E-state index is -0.0715. The number of likely N-dealkylation sites (tertiary alicyclic amines) is 1. The van der Waals surface area contributed by atoms with E-state index >= 15 is 0 Å². The molecule has 0 radical (unpaired) electrons. The number of halogens is 1. The lowest BCUT2D eigenvalue weighted by Gasteiger charge is -2.21. The molecule has 0 bridgehead atoms. The van der Waals surface area contributed by atoms with Gasteiger partial charge in [0.1, 0.15) is 5.82 Å². The standard InChI is InChI=1S/C23H32N6O.HI/c1-17-9-10-21(26-14-17)28-22(30)11-12-25-23(24-3)27-20-13-18(2)29(16-20)15-19-7-5-4-6-8-19;/h4-10,14,18,20H,11-13,15-16H2,1-3H3,(H2,24,25,27)(H,26,28,30);1H. The van der Waals surface area contributed by atoms with Crippen LogP contribution in [0, 0.1) is 6.92 Å². The van der Waals surface area contributed by atoms with Gasteiger partial charge in [0.25, 0.3) is 0 Å². The molecule has 1 aliphatic rings. The van der Waals surface area contributed by atoms with Crippen LogP contribution in [0.5, 0.6) is 0 Å². The van der Waals surface area contributed by atoms with Crippen molar-refractivity contribution in [2.24, 2.45) is 4.99 Å². The number of aromatic nitrogens is 1. The Morgan fingerprint density at radius 1 is 1.23 bits per heavy atom. The highest BCUT2D eigenvalue weighted by Gasteiger charge is 2.29. The SMILES string of the molecule is CN=C(NCCC(=O)Nc1ccc(C)cn1)NC1CC(C)N(Cc2ccccc2)C1.I. The lowest BCUT2D eigenvalue weighted by atomic mass is 10.2. The molecule has 8 heteroatoms. The van der Waals surface area contributed by atoms with Gasteiger partial charge >= 0.3 is 0 Å². The number of carbonyl (C=O) groups is 1. The van der Waals surface area contributed by atoms with Crippen LogP contribution < -0.4 is 16.0 Å². The number of aliphatic imine (C=N–C) groups is 1. The zero-order chi connectivity index (χ0) is 21.3. The van der Waals surface area contributed by atoms with Crippen molar-refractivity contribution in [2.75, 3.05) is 25.5 Å². The molecule has 3 rings (SSSR count). The molecule has 0 aliphatic carbocycles. The fourth-order valence-corrected chi connectivity index (χ4v) is 3.67. The molecule has 0 spiro atoms. The molecule has 1 amide bonds. The summed E-state index contributed by atoms with van der Waals surface area (Å²) in [6.45, 7) is 6.67. The summed E-state index contributed by atoms with van der Waals surface area (Å²) in [4.78, 5) is 23.1. The molecule has 2 atom stereocenters. The second-order valence-electron chi connectivity index (χ2n) is 7.86. The molecule has 3 N–H and O–H groups in total. The first-order valence-corrected chi connectivity index (χ1v) is 10.5. The van der Waals surface area contributed by atoms with Gasteiger partial charge in [-0.1, -0.05) is 36.4 Å². The number of benzene rings is 1. The van der Waals surface area contributed by atoms with Crippen LogP contribution in [-0.4, -0.2) is 54.0 Å². The number of aryl methyl sites for hydroxylation is 1. The summed E-state index contributed by atoms with van der Waals surface area (Å²) in [7, 11) is 1.76. The number of hydrogen-bond acceptors (Lipinski definition) is 4. The van der Waals surface area contributed by atoms with Gasteiger partial charge < -0.3 is 16.0 Å². The molecule has 1 aromatic heterocycles. The maximum absolute atomic E-state index is 12.1. The normalized spacial score (nSPS) is 18.9. The largest absolute Gasteiger partial charge is 0.356 e. The van der Waals surface area contributed by atoms with E-state index in [1.165, 1.54) is 5.56 Å². The van der Waals surface area contributed by atoms with Crippen LogP contribution in [0.4, 0.5) is 5.82 Å².